The Morgan fingerprint density at radius 2 is 1.80 bits per heavy atom. The number of rotatable bonds is 3. The number of allylic oxidation sites excluding steroid dienone is 1. The van der Waals surface area contributed by atoms with Gasteiger partial charge in [-0.1, -0.05) is 25.1 Å². The lowest BCUT2D eigenvalue weighted by atomic mass is 9.51. The molecule has 6 N–H and O–H groups in total. The van der Waals surface area contributed by atoms with Crippen LogP contribution < -0.4 is 5.73 Å². The third kappa shape index (κ3) is 3.08. The summed E-state index contributed by atoms with van der Waals surface area (Å²) in [4.78, 5) is 41.3. The topological polar surface area (TPSA) is 175 Å². The maximum atomic E-state index is 14.0. The van der Waals surface area contributed by atoms with E-state index in [1.165, 1.54) is 17.9 Å². The van der Waals surface area contributed by atoms with Gasteiger partial charge in [0.1, 0.15) is 34.2 Å². The minimum Gasteiger partial charge on any atom is -0.510 e. The number of carbonyl (C=O) groups excluding carboxylic acids is 3. The van der Waals surface area contributed by atoms with Gasteiger partial charge >= 0.3 is 0 Å². The number of phenolic OH excluding ortho intramolecular Hbond substituents is 1. The predicted octanol–water partition coefficient (Wildman–Crippen LogP) is 2.92. The van der Waals surface area contributed by atoms with Gasteiger partial charge in [-0.2, -0.15) is 0 Å². The number of nitrogens with zero attached hydrogens (tertiary/aromatic N) is 1. The minimum absolute atomic E-state index is 0.0199. The number of amides is 1. The number of hydrogen-bond donors (Lipinski definition) is 5. The highest BCUT2D eigenvalue weighted by Gasteiger charge is 2.69. The molecule has 1 heterocycles. The highest BCUT2D eigenvalue weighted by molar-refractivity contribution is 6.25. The average molecular weight is 545 g/mol. The molecule has 0 aliphatic heterocycles. The van der Waals surface area contributed by atoms with Crippen molar-refractivity contribution in [3.8, 4) is 17.1 Å². The zero-order valence-electron chi connectivity index (χ0n) is 22.1. The van der Waals surface area contributed by atoms with Gasteiger partial charge in [0.2, 0.25) is 5.78 Å². The number of para-hydroxylation sites is 1. The van der Waals surface area contributed by atoms with Gasteiger partial charge in [0, 0.05) is 21.9 Å². The molecule has 1 aromatic heterocycles. The molecule has 1 amide bonds. The van der Waals surface area contributed by atoms with Crippen LogP contribution >= 0.6 is 0 Å². The Morgan fingerprint density at radius 1 is 1.10 bits per heavy atom. The Bertz CT molecular complexity index is 1700. The van der Waals surface area contributed by atoms with Crippen LogP contribution in [0.15, 0.2) is 69.5 Å². The molecule has 0 spiro atoms. The second kappa shape index (κ2) is 8.30. The highest BCUT2D eigenvalue weighted by Crippen LogP contribution is 2.59. The number of primary amides is 1. The molecule has 3 aliphatic carbocycles. The molecule has 0 radical (unpaired) electrons. The largest absolute Gasteiger partial charge is 0.510 e. The molecule has 10 heteroatoms. The summed E-state index contributed by atoms with van der Waals surface area (Å²) in [6.45, 7) is 1.53. The van der Waals surface area contributed by atoms with Gasteiger partial charge in [0.15, 0.2) is 11.4 Å². The van der Waals surface area contributed by atoms with Gasteiger partial charge < -0.3 is 30.6 Å². The van der Waals surface area contributed by atoms with Gasteiger partial charge in [-0.25, -0.2) is 0 Å². The van der Waals surface area contributed by atoms with Crippen molar-refractivity contribution in [2.75, 3.05) is 14.1 Å². The van der Waals surface area contributed by atoms with Crippen LogP contribution in [0.3, 0.4) is 0 Å². The first-order valence-corrected chi connectivity index (χ1v) is 12.8. The Kier molecular flexibility index (Phi) is 5.36. The third-order valence-corrected chi connectivity index (χ3v) is 8.84. The zero-order chi connectivity index (χ0) is 28.9. The molecule has 6 rings (SSSR count). The van der Waals surface area contributed by atoms with E-state index in [1.807, 2.05) is 30.3 Å². The van der Waals surface area contributed by atoms with Crippen molar-refractivity contribution in [1.82, 2.24) is 4.90 Å². The van der Waals surface area contributed by atoms with Crippen LogP contribution in [-0.2, 0) is 16.0 Å². The number of fused-ring (bicyclic) bond motifs is 4. The summed E-state index contributed by atoms with van der Waals surface area (Å²) in [5, 5.41) is 46.2. The van der Waals surface area contributed by atoms with Crippen molar-refractivity contribution in [1.29, 1.82) is 0 Å². The number of carbonyl (C=O) groups is 3. The van der Waals surface area contributed by atoms with Crippen molar-refractivity contribution >= 4 is 28.4 Å². The second-order valence-electron chi connectivity index (χ2n) is 11.3. The van der Waals surface area contributed by atoms with Gasteiger partial charge in [-0.15, -0.1) is 0 Å². The lowest BCUT2D eigenvalue weighted by Gasteiger charge is -2.56. The summed E-state index contributed by atoms with van der Waals surface area (Å²) in [6, 6.07) is 11.2. The van der Waals surface area contributed by atoms with Gasteiger partial charge in [0.25, 0.3) is 5.91 Å². The predicted molar refractivity (Wildman–Crippen MR) is 143 cm³/mol. The number of aliphatic hydroxyl groups is 3. The Hall–Kier alpha value is -4.41. The minimum atomic E-state index is -2.73. The number of Topliss-reactive ketones (excluding diaryl/α,β-unsaturated/α-hetero) is 2. The maximum Gasteiger partial charge on any atom is 0.255 e. The zero-order valence-corrected chi connectivity index (χ0v) is 22.1. The number of ketones is 2. The van der Waals surface area contributed by atoms with E-state index in [1.54, 1.807) is 20.2 Å². The van der Waals surface area contributed by atoms with E-state index in [9.17, 15) is 34.8 Å². The monoisotopic (exact) mass is 544 g/mol. The van der Waals surface area contributed by atoms with Gasteiger partial charge in [0.05, 0.1) is 11.6 Å². The van der Waals surface area contributed by atoms with Crippen LogP contribution in [0.5, 0.6) is 5.75 Å². The van der Waals surface area contributed by atoms with Crippen LogP contribution in [0, 0.1) is 11.3 Å². The molecule has 10 nitrogen and oxygen atoms in total. The molecule has 40 heavy (non-hydrogen) atoms. The number of hydrogen-bond acceptors (Lipinski definition) is 9. The first kappa shape index (κ1) is 25.8. The quantitative estimate of drug-likeness (QED) is 0.311. The van der Waals surface area contributed by atoms with E-state index < -0.39 is 57.5 Å². The molecular weight excluding hydrogens is 516 g/mol. The SMILES string of the molecule is CN(C)[C@@H]1C(O)=C(C(N)=O)C(=O)[C@@]2(O)C(O)=C3C(=O)c4c(O)ccc(-c5cc6ccccc6o5)c4C[C@H]3C[C@@]12C. The van der Waals surface area contributed by atoms with Crippen molar-refractivity contribution < 1.29 is 39.2 Å². The van der Waals surface area contributed by atoms with E-state index in [0.29, 0.717) is 22.5 Å². The molecule has 0 saturated heterocycles. The van der Waals surface area contributed by atoms with E-state index in [-0.39, 0.29) is 29.7 Å². The van der Waals surface area contributed by atoms with Crippen molar-refractivity contribution in [2.45, 2.75) is 31.4 Å². The van der Waals surface area contributed by atoms with E-state index in [0.717, 1.165) is 5.39 Å². The molecule has 0 saturated carbocycles. The average Bonchev–Trinajstić information content (AvgIpc) is 3.30. The van der Waals surface area contributed by atoms with Crippen molar-refractivity contribution in [3.05, 3.63) is 76.3 Å². The number of aromatic hydroxyl groups is 1. The molecule has 3 aliphatic rings. The number of nitrogens with two attached hydrogens (primary N) is 1. The Labute approximate surface area is 228 Å². The molecule has 3 aromatic rings. The molecular formula is C30H28N2O8. The normalized spacial score (nSPS) is 28.1. The first-order chi connectivity index (χ1) is 18.8. The summed E-state index contributed by atoms with van der Waals surface area (Å²) in [5.41, 5.74) is 1.73. The van der Waals surface area contributed by atoms with Crippen LogP contribution in [-0.4, -0.2) is 68.5 Å². The maximum absolute atomic E-state index is 14.0. The summed E-state index contributed by atoms with van der Waals surface area (Å²) < 4.78 is 6.06. The van der Waals surface area contributed by atoms with E-state index >= 15 is 0 Å². The molecule has 4 atom stereocenters. The van der Waals surface area contributed by atoms with Crippen LogP contribution in [0.4, 0.5) is 0 Å². The standard InChI is InChI=1S/C30H28N2O8/c1-29-12-14-10-16-15(19-11-13-6-4-5-7-18(13)40-19)8-9-17(33)21(16)23(34)20(14)26(36)30(29,39)27(37)22(28(31)38)24(35)25(29)32(2)3/h4-9,11,14,25,33,35-36,39H,10,12H2,1-3H3,(H2,31,38)/t14-,25+,29-,30-/m0/s1. The van der Waals surface area contributed by atoms with Crippen molar-refractivity contribution in [2.24, 2.45) is 17.1 Å². The smallest absolute Gasteiger partial charge is 0.255 e. The fourth-order valence-electron chi connectivity index (χ4n) is 7.18. The fourth-order valence-corrected chi connectivity index (χ4v) is 7.18. The summed E-state index contributed by atoms with van der Waals surface area (Å²) >= 11 is 0. The molecule has 0 fully saturated rings. The van der Waals surface area contributed by atoms with E-state index in [2.05, 4.69) is 0 Å². The molecule has 0 bridgehead atoms. The number of aliphatic hydroxyl groups excluding tert-OH is 2. The summed E-state index contributed by atoms with van der Waals surface area (Å²) in [6.07, 6.45) is 0.141. The Morgan fingerprint density at radius 3 is 2.45 bits per heavy atom. The van der Waals surface area contributed by atoms with E-state index in [4.69, 9.17) is 10.2 Å². The Balaban J connectivity index is 1.58. The van der Waals surface area contributed by atoms with Crippen LogP contribution in [0.25, 0.3) is 22.3 Å². The number of likely N-dealkylation sites (N-methyl/N-ethyl adjacent to an activating group) is 1. The molecule has 0 unspecified atom stereocenters. The fraction of sp³-hybridized carbons (Fsp3) is 0.300. The summed E-state index contributed by atoms with van der Waals surface area (Å²) in [5.74, 6) is -5.33. The number of phenols is 1. The summed E-state index contributed by atoms with van der Waals surface area (Å²) in [7, 11) is 3.19. The lowest BCUT2D eigenvalue weighted by molar-refractivity contribution is -0.165. The lowest BCUT2D eigenvalue weighted by Crippen LogP contribution is -2.69. The number of furan rings is 1. The van der Waals surface area contributed by atoms with Crippen molar-refractivity contribution in [3.63, 3.8) is 0 Å². The first-order valence-electron chi connectivity index (χ1n) is 12.8. The second-order valence-corrected chi connectivity index (χ2v) is 11.3. The molecule has 2 aromatic carbocycles. The highest BCUT2D eigenvalue weighted by atomic mass is 16.4. The number of benzene rings is 2. The van der Waals surface area contributed by atoms with Crippen LogP contribution in [0.1, 0.15) is 29.3 Å². The third-order valence-electron chi connectivity index (χ3n) is 8.84. The van der Waals surface area contributed by atoms with Gasteiger partial charge in [-0.05, 0) is 62.7 Å². The molecule has 206 valence electrons. The van der Waals surface area contributed by atoms with Gasteiger partial charge in [-0.3, -0.25) is 19.3 Å². The van der Waals surface area contributed by atoms with Crippen LogP contribution in [0.2, 0.25) is 0 Å².